The van der Waals surface area contributed by atoms with Crippen molar-refractivity contribution in [1.29, 1.82) is 0 Å². The van der Waals surface area contributed by atoms with E-state index in [1.165, 1.54) is 18.3 Å². The van der Waals surface area contributed by atoms with Crippen LogP contribution in [0, 0.1) is 0 Å². The minimum atomic E-state index is -0.995. The zero-order valence-corrected chi connectivity index (χ0v) is 18.9. The average molecular weight is 510 g/mol. The molecular formula is C22H13Cl2N7O4. The molecule has 0 saturated carbocycles. The van der Waals surface area contributed by atoms with Crippen molar-refractivity contribution < 1.29 is 18.9 Å². The molecule has 3 N–H and O–H groups in total. The van der Waals surface area contributed by atoms with Gasteiger partial charge in [0.05, 0.1) is 21.8 Å². The van der Waals surface area contributed by atoms with E-state index >= 15 is 0 Å². The van der Waals surface area contributed by atoms with Gasteiger partial charge in [0.1, 0.15) is 11.5 Å². The third-order valence-electron chi connectivity index (χ3n) is 4.70. The molecule has 0 saturated heterocycles. The lowest BCUT2D eigenvalue weighted by Gasteiger charge is -2.09. The number of hydrogen-bond donors (Lipinski definition) is 3. The van der Waals surface area contributed by atoms with Crippen LogP contribution in [0.4, 0.5) is 17.3 Å². The number of halogens is 2. The Balaban J connectivity index is 1.35. The molecule has 0 aliphatic carbocycles. The normalized spacial score (nSPS) is 11.3. The van der Waals surface area contributed by atoms with Crippen molar-refractivity contribution in [2.24, 2.45) is 5.10 Å². The standard InChI is InChI=1S/C22H13Cl2N7O4/c23-15-7-5-13(9-16(15)24)26-18-19(28-21-20(27-18)30-35-31-21)29-25-10-14-6-8-17(34-14)11-1-3-12(4-2-11)22(32)33/h1-10H,(H,32,33)(H,26,27,30)(H,28,29,31). The number of anilines is 3. The summed E-state index contributed by atoms with van der Waals surface area (Å²) in [4.78, 5) is 19.7. The van der Waals surface area contributed by atoms with Crippen LogP contribution in [0.15, 0.2) is 68.7 Å². The third kappa shape index (κ3) is 4.90. The summed E-state index contributed by atoms with van der Waals surface area (Å²) in [6.45, 7) is 0. The number of hydrazone groups is 1. The summed E-state index contributed by atoms with van der Waals surface area (Å²) in [6.07, 6.45) is 1.45. The van der Waals surface area contributed by atoms with Gasteiger partial charge in [0.2, 0.25) is 11.3 Å². The number of hydrogen-bond acceptors (Lipinski definition) is 10. The summed E-state index contributed by atoms with van der Waals surface area (Å²) in [5, 5.41) is 24.5. The maximum Gasteiger partial charge on any atom is 0.335 e. The minimum absolute atomic E-state index is 0.187. The van der Waals surface area contributed by atoms with E-state index < -0.39 is 5.97 Å². The second kappa shape index (κ2) is 9.41. The van der Waals surface area contributed by atoms with Gasteiger partial charge in [-0.3, -0.25) is 5.43 Å². The molecule has 35 heavy (non-hydrogen) atoms. The number of fused-ring (bicyclic) bond motifs is 1. The molecule has 0 atom stereocenters. The van der Waals surface area contributed by atoms with Gasteiger partial charge in [0.25, 0.3) is 0 Å². The molecule has 0 fully saturated rings. The van der Waals surface area contributed by atoms with Gasteiger partial charge in [-0.25, -0.2) is 14.4 Å². The van der Waals surface area contributed by atoms with Crippen LogP contribution in [0.5, 0.6) is 0 Å². The van der Waals surface area contributed by atoms with E-state index in [1.807, 2.05) is 0 Å². The van der Waals surface area contributed by atoms with E-state index in [0.717, 1.165) is 5.56 Å². The van der Waals surface area contributed by atoms with E-state index in [0.29, 0.717) is 33.1 Å². The van der Waals surface area contributed by atoms with Crippen molar-refractivity contribution in [3.05, 3.63) is 76.0 Å². The van der Waals surface area contributed by atoms with Crippen molar-refractivity contribution in [2.45, 2.75) is 0 Å². The summed E-state index contributed by atoms with van der Waals surface area (Å²) in [5.41, 5.74) is 4.72. The fourth-order valence-electron chi connectivity index (χ4n) is 3.03. The number of carbonyl (C=O) groups is 1. The molecule has 3 aromatic heterocycles. The predicted octanol–water partition coefficient (Wildman–Crippen LogP) is 5.47. The monoisotopic (exact) mass is 509 g/mol. The molecule has 0 aliphatic heterocycles. The lowest BCUT2D eigenvalue weighted by Crippen LogP contribution is -2.03. The van der Waals surface area contributed by atoms with E-state index in [9.17, 15) is 4.79 Å². The van der Waals surface area contributed by atoms with Gasteiger partial charge in [0.15, 0.2) is 11.6 Å². The molecule has 0 unspecified atom stereocenters. The van der Waals surface area contributed by atoms with Crippen molar-refractivity contribution in [2.75, 3.05) is 10.7 Å². The van der Waals surface area contributed by atoms with E-state index in [-0.39, 0.29) is 22.7 Å². The van der Waals surface area contributed by atoms with Crippen LogP contribution >= 0.6 is 23.2 Å². The molecule has 0 spiro atoms. The molecule has 0 amide bonds. The second-order valence-corrected chi connectivity index (χ2v) is 7.86. The fraction of sp³-hybridized carbons (Fsp3) is 0. The number of carboxylic acid groups (broad SMARTS) is 1. The topological polar surface area (TPSA) is 152 Å². The van der Waals surface area contributed by atoms with Crippen LogP contribution in [0.3, 0.4) is 0 Å². The van der Waals surface area contributed by atoms with Gasteiger partial charge in [0, 0.05) is 11.3 Å². The lowest BCUT2D eigenvalue weighted by molar-refractivity contribution is 0.0697. The summed E-state index contributed by atoms with van der Waals surface area (Å²) < 4.78 is 10.5. The number of aromatic carboxylic acids is 1. The van der Waals surface area contributed by atoms with Crippen LogP contribution in [0.1, 0.15) is 16.1 Å². The summed E-state index contributed by atoms with van der Waals surface area (Å²) in [6, 6.07) is 14.8. The second-order valence-electron chi connectivity index (χ2n) is 7.04. The van der Waals surface area contributed by atoms with Gasteiger partial charge >= 0.3 is 5.97 Å². The van der Waals surface area contributed by atoms with Gasteiger partial charge < -0.3 is 14.8 Å². The minimum Gasteiger partial charge on any atom is -0.478 e. The van der Waals surface area contributed by atoms with E-state index in [1.54, 1.807) is 42.5 Å². The first-order valence-corrected chi connectivity index (χ1v) is 10.7. The van der Waals surface area contributed by atoms with Crippen LogP contribution in [-0.4, -0.2) is 37.6 Å². The molecule has 0 radical (unpaired) electrons. The zero-order chi connectivity index (χ0) is 24.4. The number of carboxylic acids is 1. The van der Waals surface area contributed by atoms with Crippen molar-refractivity contribution in [1.82, 2.24) is 20.3 Å². The quantitative estimate of drug-likeness (QED) is 0.190. The van der Waals surface area contributed by atoms with Gasteiger partial charge in [-0.2, -0.15) is 10.1 Å². The van der Waals surface area contributed by atoms with Crippen molar-refractivity contribution >= 4 is 64.0 Å². The first-order chi connectivity index (χ1) is 17.0. The highest BCUT2D eigenvalue weighted by atomic mass is 35.5. The van der Waals surface area contributed by atoms with Crippen LogP contribution in [0.2, 0.25) is 10.0 Å². The van der Waals surface area contributed by atoms with Crippen LogP contribution < -0.4 is 10.7 Å². The molecular weight excluding hydrogens is 497 g/mol. The number of nitrogens with zero attached hydrogens (tertiary/aromatic N) is 5. The molecule has 0 bridgehead atoms. The Bertz CT molecular complexity index is 1560. The smallest absolute Gasteiger partial charge is 0.335 e. The molecule has 3 heterocycles. The Morgan fingerprint density at radius 3 is 2.40 bits per heavy atom. The molecule has 0 aliphatic rings. The number of rotatable bonds is 7. The maximum atomic E-state index is 11.0. The summed E-state index contributed by atoms with van der Waals surface area (Å²) >= 11 is 12.1. The van der Waals surface area contributed by atoms with E-state index in [2.05, 4.69) is 36.1 Å². The Labute approximate surface area is 206 Å². The summed E-state index contributed by atoms with van der Waals surface area (Å²) in [7, 11) is 0. The van der Waals surface area contributed by atoms with Crippen molar-refractivity contribution in [3.63, 3.8) is 0 Å². The predicted molar refractivity (Wildman–Crippen MR) is 129 cm³/mol. The average Bonchev–Trinajstić information content (AvgIpc) is 3.51. The zero-order valence-electron chi connectivity index (χ0n) is 17.4. The van der Waals surface area contributed by atoms with Gasteiger partial charge in [-0.1, -0.05) is 35.3 Å². The SMILES string of the molecule is O=C(O)c1ccc(-c2ccc(C=NNc3nc4nonc4nc3Nc3ccc(Cl)c(Cl)c3)o2)cc1. The molecule has 13 heteroatoms. The highest BCUT2D eigenvalue weighted by Crippen LogP contribution is 2.29. The van der Waals surface area contributed by atoms with Crippen LogP contribution in [0.25, 0.3) is 22.6 Å². The molecule has 5 rings (SSSR count). The molecule has 11 nitrogen and oxygen atoms in total. The lowest BCUT2D eigenvalue weighted by atomic mass is 10.1. The Morgan fingerprint density at radius 1 is 0.943 bits per heavy atom. The number of nitrogens with one attached hydrogen (secondary N) is 2. The highest BCUT2D eigenvalue weighted by molar-refractivity contribution is 6.42. The number of furan rings is 1. The maximum absolute atomic E-state index is 11.0. The Morgan fingerprint density at radius 2 is 1.69 bits per heavy atom. The molecule has 5 aromatic rings. The first-order valence-electron chi connectivity index (χ1n) is 9.91. The first kappa shape index (κ1) is 22.3. The highest BCUT2D eigenvalue weighted by Gasteiger charge is 2.13. The van der Waals surface area contributed by atoms with Gasteiger partial charge in [-0.05, 0) is 52.8 Å². The third-order valence-corrected chi connectivity index (χ3v) is 5.44. The fourth-order valence-corrected chi connectivity index (χ4v) is 3.32. The molecule has 2 aromatic carbocycles. The Hall–Kier alpha value is -4.48. The number of benzene rings is 2. The van der Waals surface area contributed by atoms with Gasteiger partial charge in [-0.15, -0.1) is 0 Å². The van der Waals surface area contributed by atoms with Crippen molar-refractivity contribution in [3.8, 4) is 11.3 Å². The van der Waals surface area contributed by atoms with E-state index in [4.69, 9.17) is 37.4 Å². The molecule has 174 valence electrons. The summed E-state index contributed by atoms with van der Waals surface area (Å²) in [5.74, 6) is 0.547. The largest absolute Gasteiger partial charge is 0.478 e. The number of aromatic nitrogens is 4. The Kier molecular flexibility index (Phi) is 6.00. The van der Waals surface area contributed by atoms with Crippen LogP contribution in [-0.2, 0) is 0 Å².